The van der Waals surface area contributed by atoms with Crippen molar-refractivity contribution in [2.24, 2.45) is 5.41 Å². The summed E-state index contributed by atoms with van der Waals surface area (Å²) in [5, 5.41) is 2.37. The number of hydrogen-bond acceptors (Lipinski definition) is 4. The molecule has 0 radical (unpaired) electrons. The molecule has 5 nitrogen and oxygen atoms in total. The number of ether oxygens (including phenoxy) is 1. The van der Waals surface area contributed by atoms with Crippen molar-refractivity contribution in [2.45, 2.75) is 46.4 Å². The summed E-state index contributed by atoms with van der Waals surface area (Å²) >= 11 is 0. The lowest BCUT2D eigenvalue weighted by molar-refractivity contribution is -0.146. The van der Waals surface area contributed by atoms with E-state index in [0.29, 0.717) is 6.20 Å². The summed E-state index contributed by atoms with van der Waals surface area (Å²) in [4.78, 5) is 27.6. The molecule has 0 aliphatic carbocycles. The van der Waals surface area contributed by atoms with Gasteiger partial charge < -0.3 is 10.1 Å². The minimum atomic E-state index is -4.49. The summed E-state index contributed by atoms with van der Waals surface area (Å²) in [6.07, 6.45) is -3.86. The Morgan fingerprint density at radius 3 is 2.12 bits per heavy atom. The maximum Gasteiger partial charge on any atom is 0.417 e. The number of Topliss-reactive ketones (excluding diaryl/α,β-unsaturated/α-hetero) is 1. The van der Waals surface area contributed by atoms with Gasteiger partial charge in [-0.3, -0.25) is 9.59 Å². The van der Waals surface area contributed by atoms with Crippen molar-refractivity contribution in [1.82, 2.24) is 4.98 Å². The normalized spacial score (nSPS) is 12.8. The number of carbonyl (C=O) groups is 2. The van der Waals surface area contributed by atoms with Crippen LogP contribution in [0.25, 0.3) is 0 Å². The number of amides is 1. The molecular weight excluding hydrogens is 325 g/mol. The van der Waals surface area contributed by atoms with E-state index in [4.69, 9.17) is 4.74 Å². The third-order valence-corrected chi connectivity index (χ3v) is 3.28. The average Bonchev–Trinajstić information content (AvgIpc) is 2.43. The van der Waals surface area contributed by atoms with Crippen LogP contribution in [0.3, 0.4) is 0 Å². The zero-order valence-corrected chi connectivity index (χ0v) is 14.2. The van der Waals surface area contributed by atoms with Crippen LogP contribution in [0.5, 0.6) is 0 Å². The fraction of sp³-hybridized carbons (Fsp3) is 0.562. The van der Waals surface area contributed by atoms with Gasteiger partial charge in [-0.2, -0.15) is 13.2 Å². The summed E-state index contributed by atoms with van der Waals surface area (Å²) in [5.41, 5.74) is -2.85. The fourth-order valence-electron chi connectivity index (χ4n) is 1.43. The lowest BCUT2D eigenvalue weighted by Gasteiger charge is -2.25. The maximum absolute atomic E-state index is 12.5. The van der Waals surface area contributed by atoms with Crippen LogP contribution in [0.15, 0.2) is 18.3 Å². The monoisotopic (exact) mass is 346 g/mol. The summed E-state index contributed by atoms with van der Waals surface area (Å²) in [7, 11) is 0. The van der Waals surface area contributed by atoms with Gasteiger partial charge in [-0.15, -0.1) is 0 Å². The lowest BCUT2D eigenvalue weighted by Crippen LogP contribution is -2.42. The van der Waals surface area contributed by atoms with Crippen LogP contribution >= 0.6 is 0 Å². The highest BCUT2D eigenvalue weighted by molar-refractivity contribution is 5.96. The van der Waals surface area contributed by atoms with E-state index in [2.05, 4.69) is 10.3 Å². The second-order valence-corrected chi connectivity index (χ2v) is 6.86. The molecule has 0 atom stereocenters. The van der Waals surface area contributed by atoms with E-state index >= 15 is 0 Å². The van der Waals surface area contributed by atoms with Gasteiger partial charge in [-0.1, -0.05) is 20.8 Å². The number of alkyl halides is 3. The Balaban J connectivity index is 2.70. The highest BCUT2D eigenvalue weighted by Crippen LogP contribution is 2.29. The summed E-state index contributed by atoms with van der Waals surface area (Å²) < 4.78 is 42.8. The standard InChI is InChI=1S/C16H21F3N2O3/c1-14(2,3)11(22)9-24-15(4,5)13(23)21-12-7-6-10(8-20-12)16(17,18)19/h6-8H,9H2,1-5H3,(H,20,21,23). The highest BCUT2D eigenvalue weighted by atomic mass is 19.4. The molecule has 1 amide bonds. The number of nitrogens with zero attached hydrogens (tertiary/aromatic N) is 1. The topological polar surface area (TPSA) is 68.3 Å². The fourth-order valence-corrected chi connectivity index (χ4v) is 1.43. The second kappa shape index (κ2) is 6.88. The molecule has 1 N–H and O–H groups in total. The van der Waals surface area contributed by atoms with E-state index in [-0.39, 0.29) is 18.2 Å². The summed E-state index contributed by atoms with van der Waals surface area (Å²) in [5.74, 6) is -0.820. The van der Waals surface area contributed by atoms with Crippen LogP contribution in [-0.4, -0.2) is 28.9 Å². The minimum Gasteiger partial charge on any atom is -0.358 e. The van der Waals surface area contributed by atoms with Crippen LogP contribution in [-0.2, 0) is 20.5 Å². The molecule has 1 heterocycles. The Morgan fingerprint density at radius 2 is 1.71 bits per heavy atom. The second-order valence-electron chi connectivity index (χ2n) is 6.86. The molecule has 0 unspecified atom stereocenters. The Morgan fingerprint density at radius 1 is 1.12 bits per heavy atom. The molecule has 0 fully saturated rings. The van der Waals surface area contributed by atoms with Gasteiger partial charge in [0.2, 0.25) is 0 Å². The summed E-state index contributed by atoms with van der Waals surface area (Å²) in [6.45, 7) is 7.88. The highest BCUT2D eigenvalue weighted by Gasteiger charge is 2.33. The zero-order chi connectivity index (χ0) is 18.8. The molecule has 134 valence electrons. The number of ketones is 1. The van der Waals surface area contributed by atoms with Crippen molar-refractivity contribution in [3.05, 3.63) is 23.9 Å². The molecule has 1 rings (SSSR count). The van der Waals surface area contributed by atoms with E-state index in [1.54, 1.807) is 20.8 Å². The molecule has 8 heteroatoms. The molecule has 24 heavy (non-hydrogen) atoms. The van der Waals surface area contributed by atoms with Gasteiger partial charge in [-0.05, 0) is 26.0 Å². The molecule has 0 saturated carbocycles. The molecular formula is C16H21F3N2O3. The van der Waals surface area contributed by atoms with Crippen molar-refractivity contribution < 1.29 is 27.5 Å². The molecule has 0 aliphatic rings. The minimum absolute atomic E-state index is 0.0353. The van der Waals surface area contributed by atoms with Crippen LogP contribution in [0.1, 0.15) is 40.2 Å². The van der Waals surface area contributed by atoms with Crippen LogP contribution < -0.4 is 5.32 Å². The van der Waals surface area contributed by atoms with E-state index in [1.165, 1.54) is 13.8 Å². The van der Waals surface area contributed by atoms with E-state index in [0.717, 1.165) is 12.1 Å². The Kier molecular flexibility index (Phi) is 5.76. The largest absolute Gasteiger partial charge is 0.417 e. The van der Waals surface area contributed by atoms with E-state index < -0.39 is 28.7 Å². The van der Waals surface area contributed by atoms with Gasteiger partial charge in [0, 0.05) is 11.6 Å². The molecule has 0 spiro atoms. The number of anilines is 1. The van der Waals surface area contributed by atoms with Crippen molar-refractivity contribution in [3.63, 3.8) is 0 Å². The smallest absolute Gasteiger partial charge is 0.358 e. The molecule has 1 aromatic heterocycles. The first kappa shape index (κ1) is 20.1. The van der Waals surface area contributed by atoms with Crippen molar-refractivity contribution in [1.29, 1.82) is 0 Å². The van der Waals surface area contributed by atoms with Crippen LogP contribution in [0.4, 0.5) is 19.0 Å². The number of hydrogen-bond donors (Lipinski definition) is 1. The number of nitrogens with one attached hydrogen (secondary N) is 1. The zero-order valence-electron chi connectivity index (χ0n) is 14.2. The maximum atomic E-state index is 12.5. The Hall–Kier alpha value is -1.96. The van der Waals surface area contributed by atoms with Gasteiger partial charge in [0.25, 0.3) is 5.91 Å². The predicted molar refractivity (Wildman–Crippen MR) is 82.4 cm³/mol. The van der Waals surface area contributed by atoms with Gasteiger partial charge in [0.1, 0.15) is 18.0 Å². The van der Waals surface area contributed by atoms with Gasteiger partial charge in [0.15, 0.2) is 5.78 Å². The Labute approximate surface area is 138 Å². The SMILES string of the molecule is CC(C)(C)C(=O)COC(C)(C)C(=O)Nc1ccc(C(F)(F)F)cn1. The first-order valence-corrected chi connectivity index (χ1v) is 7.25. The van der Waals surface area contributed by atoms with E-state index in [1.807, 2.05) is 0 Å². The number of aromatic nitrogens is 1. The summed E-state index contributed by atoms with van der Waals surface area (Å²) in [6, 6.07) is 1.87. The first-order chi connectivity index (χ1) is 10.7. The molecule has 0 bridgehead atoms. The third-order valence-electron chi connectivity index (χ3n) is 3.28. The number of pyridine rings is 1. The molecule has 1 aromatic rings. The van der Waals surface area contributed by atoms with Gasteiger partial charge in [0.05, 0.1) is 5.56 Å². The van der Waals surface area contributed by atoms with Gasteiger partial charge >= 0.3 is 6.18 Å². The van der Waals surface area contributed by atoms with E-state index in [9.17, 15) is 22.8 Å². The molecule has 0 aliphatic heterocycles. The quantitative estimate of drug-likeness (QED) is 0.887. The molecule has 0 aromatic carbocycles. The Bertz CT molecular complexity index is 602. The van der Waals surface area contributed by atoms with Crippen molar-refractivity contribution in [2.75, 3.05) is 11.9 Å². The predicted octanol–water partition coefficient (Wildman–Crippen LogP) is 3.45. The number of rotatable bonds is 5. The van der Waals surface area contributed by atoms with Gasteiger partial charge in [-0.25, -0.2) is 4.98 Å². The van der Waals surface area contributed by atoms with Crippen LogP contribution in [0.2, 0.25) is 0 Å². The molecule has 0 saturated heterocycles. The van der Waals surface area contributed by atoms with Crippen LogP contribution in [0, 0.1) is 5.41 Å². The third kappa shape index (κ3) is 5.59. The first-order valence-electron chi connectivity index (χ1n) is 7.25. The average molecular weight is 346 g/mol. The number of halogens is 3. The number of carbonyl (C=O) groups excluding carboxylic acids is 2. The van der Waals surface area contributed by atoms with Crippen molar-refractivity contribution >= 4 is 17.5 Å². The lowest BCUT2D eigenvalue weighted by atomic mass is 9.91. The van der Waals surface area contributed by atoms with Crippen molar-refractivity contribution in [3.8, 4) is 0 Å².